The van der Waals surface area contributed by atoms with Gasteiger partial charge in [0.15, 0.2) is 17.5 Å². The first-order valence-corrected chi connectivity index (χ1v) is 17.4. The molecule has 10 rings (SSSR count). The third-order valence-corrected chi connectivity index (χ3v) is 10.5. The molecule has 0 N–H and O–H groups in total. The molecule has 50 heavy (non-hydrogen) atoms. The molecule has 0 spiro atoms. The molecule has 0 aliphatic heterocycles. The molecule has 0 bridgehead atoms. The van der Waals surface area contributed by atoms with Crippen LogP contribution in [0.1, 0.15) is 0 Å². The minimum absolute atomic E-state index is 0.604. The number of thiophene rings is 1. The van der Waals surface area contributed by atoms with Crippen LogP contribution in [0.2, 0.25) is 0 Å². The fourth-order valence-corrected chi connectivity index (χ4v) is 8.02. The van der Waals surface area contributed by atoms with Gasteiger partial charge in [0.05, 0.1) is 0 Å². The van der Waals surface area contributed by atoms with E-state index in [1.165, 1.54) is 31.3 Å². The van der Waals surface area contributed by atoms with Crippen LogP contribution in [-0.4, -0.2) is 15.0 Å². The Hall–Kier alpha value is -6.43. The smallest absolute Gasteiger partial charge is 0.164 e. The summed E-state index contributed by atoms with van der Waals surface area (Å²) in [5.74, 6) is 1.89. The van der Waals surface area contributed by atoms with E-state index in [0.29, 0.717) is 17.5 Å². The first kappa shape index (κ1) is 28.6. The molecule has 0 amide bonds. The zero-order valence-electron chi connectivity index (χ0n) is 26.7. The molecule has 3 aromatic heterocycles. The molecule has 0 saturated carbocycles. The van der Waals surface area contributed by atoms with Gasteiger partial charge < -0.3 is 4.42 Å². The standard InChI is InChI=1S/C45H27N3OS/c1-3-10-28(11-4-1)29-18-20-30(21-19-29)32-22-24-34-35-25-23-33(27-39(35)49-38(34)26-32)44-46-43(31-12-5-2-6-13-31)47-45(48-44)37-15-9-17-41-42(37)36-14-7-8-16-40(36)50-41/h1-27H. The highest BCUT2D eigenvalue weighted by atomic mass is 32.1. The molecular weight excluding hydrogens is 631 g/mol. The SMILES string of the molecule is c1ccc(-c2ccc(-c3ccc4c(c3)oc3cc(-c5nc(-c6ccccc6)nc(-c6cccc7sc8ccccc8c67)n5)ccc34)cc2)cc1. The molecule has 10 aromatic rings. The second-order valence-electron chi connectivity index (χ2n) is 12.4. The maximum Gasteiger partial charge on any atom is 0.164 e. The normalized spacial score (nSPS) is 11.6. The Morgan fingerprint density at radius 2 is 0.880 bits per heavy atom. The maximum atomic E-state index is 6.53. The lowest BCUT2D eigenvalue weighted by Crippen LogP contribution is -2.00. The Bertz CT molecular complexity index is 2860. The summed E-state index contributed by atoms with van der Waals surface area (Å²) in [4.78, 5) is 15.2. The molecule has 0 unspecified atom stereocenters. The molecular formula is C45H27N3OS. The average Bonchev–Trinajstić information content (AvgIpc) is 3.76. The van der Waals surface area contributed by atoms with Crippen LogP contribution in [0, 0.1) is 0 Å². The highest BCUT2D eigenvalue weighted by Gasteiger charge is 2.18. The lowest BCUT2D eigenvalue weighted by atomic mass is 9.99. The molecule has 234 valence electrons. The van der Waals surface area contributed by atoms with Crippen molar-refractivity contribution in [1.29, 1.82) is 0 Å². The van der Waals surface area contributed by atoms with E-state index in [2.05, 4.69) is 127 Å². The number of furan rings is 1. The number of rotatable bonds is 5. The lowest BCUT2D eigenvalue weighted by molar-refractivity contribution is 0.669. The average molecular weight is 658 g/mol. The molecule has 0 fully saturated rings. The summed E-state index contributed by atoms with van der Waals surface area (Å²) >= 11 is 1.79. The van der Waals surface area contributed by atoms with E-state index < -0.39 is 0 Å². The van der Waals surface area contributed by atoms with Crippen molar-refractivity contribution < 1.29 is 4.42 Å². The molecule has 0 saturated heterocycles. The Morgan fingerprint density at radius 1 is 0.360 bits per heavy atom. The van der Waals surface area contributed by atoms with E-state index in [0.717, 1.165) is 49.8 Å². The van der Waals surface area contributed by atoms with Crippen LogP contribution in [0.5, 0.6) is 0 Å². The predicted molar refractivity (Wildman–Crippen MR) is 207 cm³/mol. The van der Waals surface area contributed by atoms with Crippen LogP contribution in [-0.2, 0) is 0 Å². The minimum Gasteiger partial charge on any atom is -0.456 e. The van der Waals surface area contributed by atoms with Gasteiger partial charge in [-0.15, -0.1) is 11.3 Å². The van der Waals surface area contributed by atoms with Gasteiger partial charge in [-0.1, -0.05) is 127 Å². The van der Waals surface area contributed by atoms with Gasteiger partial charge in [-0.05, 0) is 58.7 Å². The number of aromatic nitrogens is 3. The van der Waals surface area contributed by atoms with Crippen molar-refractivity contribution in [3.05, 3.63) is 164 Å². The lowest BCUT2D eigenvalue weighted by Gasteiger charge is -2.09. The highest BCUT2D eigenvalue weighted by Crippen LogP contribution is 2.40. The van der Waals surface area contributed by atoms with E-state index >= 15 is 0 Å². The van der Waals surface area contributed by atoms with Gasteiger partial charge in [-0.25, -0.2) is 15.0 Å². The zero-order chi connectivity index (χ0) is 33.0. The Morgan fingerprint density at radius 3 is 1.62 bits per heavy atom. The van der Waals surface area contributed by atoms with Crippen LogP contribution in [0.4, 0.5) is 0 Å². The monoisotopic (exact) mass is 657 g/mol. The maximum absolute atomic E-state index is 6.53. The van der Waals surface area contributed by atoms with Gasteiger partial charge in [-0.3, -0.25) is 0 Å². The van der Waals surface area contributed by atoms with E-state index in [1.54, 1.807) is 11.3 Å². The minimum atomic E-state index is 0.604. The van der Waals surface area contributed by atoms with Crippen molar-refractivity contribution in [2.24, 2.45) is 0 Å². The topological polar surface area (TPSA) is 51.8 Å². The molecule has 7 aromatic carbocycles. The molecule has 0 aliphatic carbocycles. The fourth-order valence-electron chi connectivity index (χ4n) is 6.88. The number of hydrogen-bond acceptors (Lipinski definition) is 5. The van der Waals surface area contributed by atoms with Crippen molar-refractivity contribution in [2.75, 3.05) is 0 Å². The quantitative estimate of drug-likeness (QED) is 0.185. The van der Waals surface area contributed by atoms with Crippen LogP contribution in [0.25, 0.3) is 98.5 Å². The van der Waals surface area contributed by atoms with Gasteiger partial charge in [0.25, 0.3) is 0 Å². The molecule has 4 nitrogen and oxygen atoms in total. The summed E-state index contributed by atoms with van der Waals surface area (Å²) < 4.78 is 8.98. The first-order valence-electron chi connectivity index (χ1n) is 16.6. The van der Waals surface area contributed by atoms with Crippen molar-refractivity contribution >= 4 is 53.4 Å². The number of hydrogen-bond donors (Lipinski definition) is 0. The van der Waals surface area contributed by atoms with Gasteiger partial charge in [-0.2, -0.15) is 0 Å². The third kappa shape index (κ3) is 4.87. The fraction of sp³-hybridized carbons (Fsp3) is 0. The van der Waals surface area contributed by atoms with Gasteiger partial charge in [0.1, 0.15) is 11.2 Å². The first-order chi connectivity index (χ1) is 24.7. The zero-order valence-corrected chi connectivity index (χ0v) is 27.6. The van der Waals surface area contributed by atoms with Gasteiger partial charge in [0, 0.05) is 47.6 Å². The van der Waals surface area contributed by atoms with Crippen molar-refractivity contribution in [3.8, 4) is 56.4 Å². The molecule has 0 radical (unpaired) electrons. The summed E-state index contributed by atoms with van der Waals surface area (Å²) in [6.45, 7) is 0. The van der Waals surface area contributed by atoms with Crippen molar-refractivity contribution in [3.63, 3.8) is 0 Å². The van der Waals surface area contributed by atoms with Crippen LogP contribution in [0.3, 0.4) is 0 Å². The Kier molecular flexibility index (Phi) is 6.64. The summed E-state index contributed by atoms with van der Waals surface area (Å²) in [5.41, 5.74) is 9.11. The van der Waals surface area contributed by atoms with E-state index in [9.17, 15) is 0 Å². The second kappa shape index (κ2) is 11.6. The number of fused-ring (bicyclic) bond motifs is 6. The molecule has 0 aliphatic rings. The van der Waals surface area contributed by atoms with Gasteiger partial charge >= 0.3 is 0 Å². The predicted octanol–water partition coefficient (Wildman–Crippen LogP) is 12.5. The van der Waals surface area contributed by atoms with E-state index in [-0.39, 0.29) is 0 Å². The summed E-state index contributed by atoms with van der Waals surface area (Å²) in [7, 11) is 0. The summed E-state index contributed by atoms with van der Waals surface area (Å²) in [6, 6.07) is 56.9. The number of benzene rings is 7. The van der Waals surface area contributed by atoms with E-state index in [1.807, 2.05) is 36.4 Å². The summed E-state index contributed by atoms with van der Waals surface area (Å²) in [6.07, 6.45) is 0. The van der Waals surface area contributed by atoms with Crippen LogP contribution < -0.4 is 0 Å². The molecule has 0 atom stereocenters. The second-order valence-corrected chi connectivity index (χ2v) is 13.5. The molecule has 3 heterocycles. The van der Waals surface area contributed by atoms with E-state index in [4.69, 9.17) is 19.4 Å². The van der Waals surface area contributed by atoms with Crippen LogP contribution >= 0.6 is 11.3 Å². The number of nitrogens with zero attached hydrogens (tertiary/aromatic N) is 3. The Balaban J connectivity index is 1.08. The van der Waals surface area contributed by atoms with Crippen molar-refractivity contribution in [1.82, 2.24) is 15.0 Å². The molecule has 5 heteroatoms. The Labute approximate surface area is 292 Å². The largest absolute Gasteiger partial charge is 0.456 e. The van der Waals surface area contributed by atoms with Gasteiger partial charge in [0.2, 0.25) is 0 Å². The highest BCUT2D eigenvalue weighted by molar-refractivity contribution is 7.25. The summed E-state index contributed by atoms with van der Waals surface area (Å²) in [5, 5.41) is 4.51. The van der Waals surface area contributed by atoms with Crippen LogP contribution in [0.15, 0.2) is 168 Å². The van der Waals surface area contributed by atoms with Crippen molar-refractivity contribution in [2.45, 2.75) is 0 Å². The third-order valence-electron chi connectivity index (χ3n) is 9.37.